The van der Waals surface area contributed by atoms with Gasteiger partial charge in [0.1, 0.15) is 23.5 Å². The Morgan fingerprint density at radius 3 is 2.65 bits per heavy atom. The molecule has 0 amide bonds. The van der Waals surface area contributed by atoms with E-state index in [2.05, 4.69) is 25.3 Å². The molecule has 1 aromatic heterocycles. The SMILES string of the molecule is CCc1nc(NC)cc(NC(C)C(=O)OC)n1. The first kappa shape index (κ1) is 13.2. The minimum Gasteiger partial charge on any atom is -0.467 e. The summed E-state index contributed by atoms with van der Waals surface area (Å²) in [5.74, 6) is 1.72. The maximum atomic E-state index is 11.3. The third-order valence-electron chi connectivity index (χ3n) is 2.26. The Morgan fingerprint density at radius 2 is 2.12 bits per heavy atom. The van der Waals surface area contributed by atoms with Crippen molar-refractivity contribution in [3.05, 3.63) is 11.9 Å². The molecule has 1 atom stereocenters. The van der Waals surface area contributed by atoms with Crippen LogP contribution >= 0.6 is 0 Å². The monoisotopic (exact) mass is 238 g/mol. The molecule has 1 unspecified atom stereocenters. The highest BCUT2D eigenvalue weighted by Crippen LogP contribution is 2.12. The molecule has 0 radical (unpaired) electrons. The second-order valence-electron chi connectivity index (χ2n) is 3.55. The molecule has 0 aliphatic heterocycles. The van der Waals surface area contributed by atoms with Gasteiger partial charge in [-0.15, -0.1) is 0 Å². The summed E-state index contributed by atoms with van der Waals surface area (Å²) >= 11 is 0. The lowest BCUT2D eigenvalue weighted by atomic mass is 10.3. The van der Waals surface area contributed by atoms with Crippen LogP contribution < -0.4 is 10.6 Å². The lowest BCUT2D eigenvalue weighted by Crippen LogP contribution is -2.27. The quantitative estimate of drug-likeness (QED) is 0.747. The normalized spacial score (nSPS) is 11.8. The van der Waals surface area contributed by atoms with E-state index in [1.165, 1.54) is 7.11 Å². The summed E-state index contributed by atoms with van der Waals surface area (Å²) in [6, 6.07) is 1.31. The molecule has 1 heterocycles. The highest BCUT2D eigenvalue weighted by Gasteiger charge is 2.13. The number of hydrogen-bond acceptors (Lipinski definition) is 6. The maximum absolute atomic E-state index is 11.3. The van der Waals surface area contributed by atoms with E-state index in [-0.39, 0.29) is 5.97 Å². The number of rotatable bonds is 5. The van der Waals surface area contributed by atoms with E-state index in [0.717, 1.165) is 18.1 Å². The Bertz CT molecular complexity index is 373. The van der Waals surface area contributed by atoms with Gasteiger partial charge in [-0.3, -0.25) is 0 Å². The summed E-state index contributed by atoms with van der Waals surface area (Å²) < 4.78 is 4.64. The fraction of sp³-hybridized carbons (Fsp3) is 0.545. The molecule has 0 saturated heterocycles. The molecule has 1 aromatic rings. The van der Waals surface area contributed by atoms with E-state index in [0.29, 0.717) is 5.82 Å². The fourth-order valence-corrected chi connectivity index (χ4v) is 1.31. The number of carbonyl (C=O) groups is 1. The van der Waals surface area contributed by atoms with Gasteiger partial charge in [0.2, 0.25) is 0 Å². The Hall–Kier alpha value is -1.85. The van der Waals surface area contributed by atoms with Gasteiger partial charge >= 0.3 is 5.97 Å². The van der Waals surface area contributed by atoms with Crippen molar-refractivity contribution in [2.45, 2.75) is 26.3 Å². The summed E-state index contributed by atoms with van der Waals surface area (Å²) in [5, 5.41) is 5.93. The number of methoxy groups -OCH3 is 1. The number of hydrogen-bond donors (Lipinski definition) is 2. The van der Waals surface area contributed by atoms with Gasteiger partial charge in [-0.1, -0.05) is 6.92 Å². The topological polar surface area (TPSA) is 76.1 Å². The molecule has 94 valence electrons. The molecule has 6 heteroatoms. The molecule has 0 saturated carbocycles. The molecule has 0 aliphatic rings. The Balaban J connectivity index is 2.86. The van der Waals surface area contributed by atoms with Crippen LogP contribution in [-0.4, -0.2) is 36.1 Å². The Morgan fingerprint density at radius 1 is 1.47 bits per heavy atom. The second kappa shape index (κ2) is 6.03. The maximum Gasteiger partial charge on any atom is 0.328 e. The number of esters is 1. The van der Waals surface area contributed by atoms with E-state index >= 15 is 0 Å². The summed E-state index contributed by atoms with van der Waals surface area (Å²) in [5.41, 5.74) is 0. The van der Waals surface area contributed by atoms with Gasteiger partial charge in [0, 0.05) is 19.5 Å². The zero-order valence-corrected chi connectivity index (χ0v) is 10.6. The second-order valence-corrected chi connectivity index (χ2v) is 3.55. The van der Waals surface area contributed by atoms with Crippen LogP contribution in [0.4, 0.5) is 11.6 Å². The van der Waals surface area contributed by atoms with Crippen molar-refractivity contribution in [1.82, 2.24) is 9.97 Å². The first-order valence-electron chi connectivity index (χ1n) is 5.50. The number of carbonyl (C=O) groups excluding carboxylic acids is 1. The smallest absolute Gasteiger partial charge is 0.328 e. The van der Waals surface area contributed by atoms with Gasteiger partial charge in [0.25, 0.3) is 0 Å². The minimum absolute atomic E-state index is 0.326. The van der Waals surface area contributed by atoms with Gasteiger partial charge in [-0.25, -0.2) is 14.8 Å². The van der Waals surface area contributed by atoms with Gasteiger partial charge in [-0.2, -0.15) is 0 Å². The molecule has 0 bridgehead atoms. The third kappa shape index (κ3) is 3.58. The molecule has 6 nitrogen and oxygen atoms in total. The van der Waals surface area contributed by atoms with Crippen molar-refractivity contribution in [2.75, 3.05) is 24.8 Å². The van der Waals surface area contributed by atoms with Crippen molar-refractivity contribution in [2.24, 2.45) is 0 Å². The summed E-state index contributed by atoms with van der Waals surface area (Å²) in [4.78, 5) is 19.8. The Kier molecular flexibility index (Phi) is 4.68. The number of ether oxygens (including phenoxy) is 1. The van der Waals surface area contributed by atoms with Crippen LogP contribution in [0.2, 0.25) is 0 Å². The lowest BCUT2D eigenvalue weighted by Gasteiger charge is -2.13. The van der Waals surface area contributed by atoms with Gasteiger partial charge in [-0.05, 0) is 6.92 Å². The lowest BCUT2D eigenvalue weighted by molar-refractivity contribution is -0.141. The predicted octanol–water partition coefficient (Wildman–Crippen LogP) is 1.05. The Labute approximate surface area is 101 Å². The van der Waals surface area contributed by atoms with E-state index in [4.69, 9.17) is 0 Å². The first-order valence-corrected chi connectivity index (χ1v) is 5.50. The van der Waals surface area contributed by atoms with Crippen LogP contribution in [0, 0.1) is 0 Å². The van der Waals surface area contributed by atoms with Crippen molar-refractivity contribution in [3.8, 4) is 0 Å². The van der Waals surface area contributed by atoms with Crippen LogP contribution in [0.25, 0.3) is 0 Å². The summed E-state index contributed by atoms with van der Waals surface area (Å²) in [7, 11) is 3.15. The number of nitrogens with one attached hydrogen (secondary N) is 2. The molecule has 0 aliphatic carbocycles. The number of aromatic nitrogens is 2. The largest absolute Gasteiger partial charge is 0.467 e. The first-order chi connectivity index (χ1) is 8.10. The standard InChI is InChI=1S/C11H18N4O2/c1-5-8-14-9(12-3)6-10(15-8)13-7(2)11(16)17-4/h6-7H,5H2,1-4H3,(H2,12,13,14,15). The zero-order valence-electron chi connectivity index (χ0n) is 10.6. The highest BCUT2D eigenvalue weighted by atomic mass is 16.5. The van der Waals surface area contributed by atoms with Crippen LogP contribution in [0.5, 0.6) is 0 Å². The number of aryl methyl sites for hydroxylation is 1. The van der Waals surface area contributed by atoms with Crippen molar-refractivity contribution >= 4 is 17.6 Å². The van der Waals surface area contributed by atoms with E-state index < -0.39 is 6.04 Å². The summed E-state index contributed by atoms with van der Waals surface area (Å²) in [6.45, 7) is 3.70. The third-order valence-corrected chi connectivity index (χ3v) is 2.26. The minimum atomic E-state index is -0.440. The van der Waals surface area contributed by atoms with E-state index in [1.807, 2.05) is 6.92 Å². The van der Waals surface area contributed by atoms with Gasteiger partial charge < -0.3 is 15.4 Å². The van der Waals surface area contributed by atoms with E-state index in [1.54, 1.807) is 20.0 Å². The average Bonchev–Trinajstić information content (AvgIpc) is 2.36. The molecular weight excluding hydrogens is 220 g/mol. The van der Waals surface area contributed by atoms with Crippen LogP contribution in [0.15, 0.2) is 6.07 Å². The zero-order chi connectivity index (χ0) is 12.8. The van der Waals surface area contributed by atoms with Gasteiger partial charge in [0.15, 0.2) is 0 Å². The van der Waals surface area contributed by atoms with Gasteiger partial charge in [0.05, 0.1) is 7.11 Å². The molecule has 0 aromatic carbocycles. The van der Waals surface area contributed by atoms with Crippen molar-refractivity contribution in [3.63, 3.8) is 0 Å². The average molecular weight is 238 g/mol. The van der Waals surface area contributed by atoms with Crippen molar-refractivity contribution in [1.29, 1.82) is 0 Å². The van der Waals surface area contributed by atoms with Crippen LogP contribution in [0.1, 0.15) is 19.7 Å². The fourth-order valence-electron chi connectivity index (χ4n) is 1.31. The molecule has 1 rings (SSSR count). The van der Waals surface area contributed by atoms with Crippen LogP contribution in [0.3, 0.4) is 0 Å². The summed E-state index contributed by atoms with van der Waals surface area (Å²) in [6.07, 6.45) is 0.733. The van der Waals surface area contributed by atoms with Crippen LogP contribution in [-0.2, 0) is 16.0 Å². The molecule has 0 fully saturated rings. The number of anilines is 2. The number of nitrogens with zero attached hydrogens (tertiary/aromatic N) is 2. The molecule has 17 heavy (non-hydrogen) atoms. The van der Waals surface area contributed by atoms with Crippen molar-refractivity contribution < 1.29 is 9.53 Å². The molecule has 0 spiro atoms. The predicted molar refractivity (Wildman–Crippen MR) is 66.1 cm³/mol. The molecule has 2 N–H and O–H groups in total. The highest BCUT2D eigenvalue weighted by molar-refractivity contribution is 5.78. The molecular formula is C11H18N4O2. The van der Waals surface area contributed by atoms with E-state index in [9.17, 15) is 4.79 Å².